The second-order valence-corrected chi connectivity index (χ2v) is 10.3. The largest absolute Gasteiger partial charge is 0.352 e. The van der Waals surface area contributed by atoms with Gasteiger partial charge in [0.05, 0.1) is 0 Å². The molecule has 7 heteroatoms. The van der Waals surface area contributed by atoms with E-state index in [9.17, 15) is 14.4 Å². The van der Waals surface area contributed by atoms with Crippen LogP contribution in [-0.2, 0) is 9.59 Å². The summed E-state index contributed by atoms with van der Waals surface area (Å²) in [6.45, 7) is 1.95. The summed E-state index contributed by atoms with van der Waals surface area (Å²) in [5.41, 5.74) is 0.225. The summed E-state index contributed by atoms with van der Waals surface area (Å²) in [7, 11) is 0. The number of nitrogens with zero attached hydrogens (tertiary/aromatic N) is 1. The van der Waals surface area contributed by atoms with Gasteiger partial charge in [0.25, 0.3) is 5.91 Å². The van der Waals surface area contributed by atoms with Crippen LogP contribution in [0, 0.1) is 23.2 Å². The van der Waals surface area contributed by atoms with E-state index in [-0.39, 0.29) is 29.8 Å². The van der Waals surface area contributed by atoms with Crippen LogP contribution in [0.4, 0.5) is 4.79 Å². The van der Waals surface area contributed by atoms with E-state index in [4.69, 9.17) is 0 Å². The van der Waals surface area contributed by atoms with Crippen molar-refractivity contribution in [2.24, 2.45) is 23.2 Å². The molecule has 150 valence electrons. The summed E-state index contributed by atoms with van der Waals surface area (Å²) < 4.78 is 0. The number of amides is 4. The van der Waals surface area contributed by atoms with Gasteiger partial charge in [-0.25, -0.2) is 4.79 Å². The number of urea groups is 1. The van der Waals surface area contributed by atoms with Crippen LogP contribution in [0.1, 0.15) is 51.9 Å². The van der Waals surface area contributed by atoms with Gasteiger partial charge in [0, 0.05) is 6.04 Å². The van der Waals surface area contributed by atoms with Gasteiger partial charge in [-0.1, -0.05) is 0 Å². The molecule has 0 radical (unpaired) electrons. The number of hydrogen-bond acceptors (Lipinski definition) is 4. The number of nitrogens with one attached hydrogen (secondary N) is 2. The van der Waals surface area contributed by atoms with Crippen molar-refractivity contribution in [2.75, 3.05) is 18.6 Å². The van der Waals surface area contributed by atoms with Crippen LogP contribution in [0.15, 0.2) is 0 Å². The lowest BCUT2D eigenvalue weighted by atomic mass is 9.48. The standard InChI is InChI=1S/C20H31N3O3S/c1-12(20-8-13-5-14(9-20)7-15(6-13)10-20)21-17(24)11-23-18(25)16(3-4-27-2)22-19(23)26/h12-16H,3-11H2,1-2H3,(H,21,24)(H,22,26)/t12-,13?,14?,15?,16-,20?/m0/s1. The van der Waals surface area contributed by atoms with Crippen LogP contribution in [0.25, 0.3) is 0 Å². The second-order valence-electron chi connectivity index (χ2n) is 9.28. The Morgan fingerprint density at radius 3 is 2.37 bits per heavy atom. The van der Waals surface area contributed by atoms with Crippen molar-refractivity contribution in [2.45, 2.75) is 64.0 Å². The van der Waals surface area contributed by atoms with E-state index in [2.05, 4.69) is 17.6 Å². The molecule has 0 aromatic rings. The van der Waals surface area contributed by atoms with Crippen LogP contribution in [0.2, 0.25) is 0 Å². The number of carbonyl (C=O) groups is 3. The Hall–Kier alpha value is -1.24. The molecule has 1 aliphatic heterocycles. The first-order chi connectivity index (χ1) is 12.9. The topological polar surface area (TPSA) is 78.5 Å². The summed E-state index contributed by atoms with van der Waals surface area (Å²) in [5, 5.41) is 5.85. The predicted octanol–water partition coefficient (Wildman–Crippen LogP) is 2.38. The van der Waals surface area contributed by atoms with Crippen molar-refractivity contribution in [3.63, 3.8) is 0 Å². The first-order valence-corrected chi connectivity index (χ1v) is 11.7. The fourth-order valence-corrected chi connectivity index (χ4v) is 6.92. The fraction of sp³-hybridized carbons (Fsp3) is 0.850. The highest BCUT2D eigenvalue weighted by atomic mass is 32.2. The number of carbonyl (C=O) groups excluding carboxylic acids is 3. The summed E-state index contributed by atoms with van der Waals surface area (Å²) in [6.07, 6.45) is 10.4. The van der Waals surface area contributed by atoms with Crippen molar-refractivity contribution in [3.8, 4) is 0 Å². The molecular formula is C20H31N3O3S. The van der Waals surface area contributed by atoms with E-state index < -0.39 is 12.1 Å². The van der Waals surface area contributed by atoms with Crippen LogP contribution >= 0.6 is 11.8 Å². The van der Waals surface area contributed by atoms with Crippen molar-refractivity contribution in [3.05, 3.63) is 0 Å². The highest BCUT2D eigenvalue weighted by Gasteiger charge is 2.53. The molecule has 5 fully saturated rings. The molecule has 5 rings (SSSR count). The van der Waals surface area contributed by atoms with Crippen LogP contribution in [0.3, 0.4) is 0 Å². The van der Waals surface area contributed by atoms with Crippen LogP contribution in [-0.4, -0.2) is 53.4 Å². The molecule has 0 spiro atoms. The minimum absolute atomic E-state index is 0.103. The second kappa shape index (κ2) is 7.30. The molecule has 4 amide bonds. The Morgan fingerprint density at radius 2 is 1.81 bits per heavy atom. The highest BCUT2D eigenvalue weighted by Crippen LogP contribution is 2.61. The van der Waals surface area contributed by atoms with Gasteiger partial charge in [-0.2, -0.15) is 11.8 Å². The quantitative estimate of drug-likeness (QED) is 0.651. The van der Waals surface area contributed by atoms with Crippen molar-refractivity contribution in [1.29, 1.82) is 0 Å². The zero-order chi connectivity index (χ0) is 19.2. The monoisotopic (exact) mass is 393 g/mol. The summed E-state index contributed by atoms with van der Waals surface area (Å²) in [4.78, 5) is 38.2. The van der Waals surface area contributed by atoms with Crippen molar-refractivity contribution in [1.82, 2.24) is 15.5 Å². The Balaban J connectivity index is 1.34. The van der Waals surface area contributed by atoms with Gasteiger partial charge in [-0.05, 0) is 87.0 Å². The average molecular weight is 394 g/mol. The predicted molar refractivity (Wildman–Crippen MR) is 105 cm³/mol. The smallest absolute Gasteiger partial charge is 0.325 e. The van der Waals surface area contributed by atoms with Crippen LogP contribution < -0.4 is 10.6 Å². The Morgan fingerprint density at radius 1 is 1.22 bits per heavy atom. The van der Waals surface area contributed by atoms with E-state index >= 15 is 0 Å². The number of rotatable bonds is 7. The van der Waals surface area contributed by atoms with Gasteiger partial charge < -0.3 is 10.6 Å². The van der Waals surface area contributed by atoms with E-state index in [1.54, 1.807) is 11.8 Å². The molecule has 27 heavy (non-hydrogen) atoms. The molecule has 4 saturated carbocycles. The lowest BCUT2D eigenvalue weighted by Crippen LogP contribution is -2.57. The lowest BCUT2D eigenvalue weighted by molar-refractivity contribution is -0.134. The molecule has 0 unspecified atom stereocenters. The van der Waals surface area contributed by atoms with Crippen molar-refractivity contribution < 1.29 is 14.4 Å². The maximum Gasteiger partial charge on any atom is 0.325 e. The first-order valence-electron chi connectivity index (χ1n) is 10.3. The van der Waals surface area contributed by atoms with E-state index in [0.717, 1.165) is 28.4 Å². The molecule has 0 aromatic carbocycles. The Labute approximate surface area is 165 Å². The first kappa shape index (κ1) is 19.1. The maximum absolute atomic E-state index is 12.6. The molecule has 0 aromatic heterocycles. The van der Waals surface area contributed by atoms with Gasteiger partial charge in [0.15, 0.2) is 0 Å². The Bertz CT molecular complexity index is 603. The van der Waals surface area contributed by atoms with E-state index in [1.165, 1.54) is 38.5 Å². The van der Waals surface area contributed by atoms with Gasteiger partial charge in [-0.3, -0.25) is 14.5 Å². The van der Waals surface area contributed by atoms with E-state index in [0.29, 0.717) is 6.42 Å². The summed E-state index contributed by atoms with van der Waals surface area (Å²) >= 11 is 1.64. The third-order valence-corrected chi connectivity index (χ3v) is 8.04. The third kappa shape index (κ3) is 3.59. The lowest BCUT2D eigenvalue weighted by Gasteiger charge is -2.59. The molecule has 2 atom stereocenters. The number of hydrogen-bond donors (Lipinski definition) is 2. The minimum Gasteiger partial charge on any atom is -0.352 e. The molecule has 6 nitrogen and oxygen atoms in total. The van der Waals surface area contributed by atoms with Crippen LogP contribution in [0.5, 0.6) is 0 Å². The van der Waals surface area contributed by atoms with Gasteiger partial charge >= 0.3 is 6.03 Å². The van der Waals surface area contributed by atoms with Gasteiger partial charge in [0.1, 0.15) is 12.6 Å². The van der Waals surface area contributed by atoms with Gasteiger partial charge in [0.2, 0.25) is 5.91 Å². The zero-order valence-corrected chi connectivity index (χ0v) is 17.1. The summed E-state index contributed by atoms with van der Waals surface area (Å²) in [6, 6.07) is -0.825. The Kier molecular flexibility index (Phi) is 5.16. The number of imide groups is 1. The highest BCUT2D eigenvalue weighted by molar-refractivity contribution is 7.98. The molecule has 1 heterocycles. The third-order valence-electron chi connectivity index (χ3n) is 7.40. The fourth-order valence-electron chi connectivity index (χ4n) is 6.45. The SMILES string of the molecule is CSCC[C@@H]1NC(=O)N(CC(=O)N[C@@H](C)C23CC4CC(CC(C4)C2)C3)C1=O. The molecule has 4 aliphatic carbocycles. The maximum atomic E-state index is 12.6. The molecule has 1 saturated heterocycles. The molecule has 2 N–H and O–H groups in total. The van der Waals surface area contributed by atoms with E-state index in [1.807, 2.05) is 6.26 Å². The molecule has 4 bridgehead atoms. The normalized spacial score (nSPS) is 38.2. The van der Waals surface area contributed by atoms with Gasteiger partial charge in [-0.15, -0.1) is 0 Å². The zero-order valence-electron chi connectivity index (χ0n) is 16.3. The summed E-state index contributed by atoms with van der Waals surface area (Å²) in [5.74, 6) is 2.81. The minimum atomic E-state index is -0.488. The average Bonchev–Trinajstić information content (AvgIpc) is 2.86. The molecular weight excluding hydrogens is 362 g/mol. The number of thioether (sulfide) groups is 1. The molecule has 5 aliphatic rings. The van der Waals surface area contributed by atoms with Crippen molar-refractivity contribution >= 4 is 29.6 Å².